The van der Waals surface area contributed by atoms with Crippen LogP contribution in [0.5, 0.6) is 11.5 Å². The Balaban J connectivity index is 1.88. The average Bonchev–Trinajstić information content (AvgIpc) is 2.86. The van der Waals surface area contributed by atoms with E-state index < -0.39 is 0 Å². The quantitative estimate of drug-likeness (QED) is 0.810. The molecule has 0 unspecified atom stereocenters. The van der Waals surface area contributed by atoms with Gasteiger partial charge in [0.15, 0.2) is 11.5 Å². The summed E-state index contributed by atoms with van der Waals surface area (Å²) >= 11 is 2.15. The Hall–Kier alpha value is -1.76. The number of benzene rings is 2. The van der Waals surface area contributed by atoms with Crippen LogP contribution in [0.15, 0.2) is 36.4 Å². The summed E-state index contributed by atoms with van der Waals surface area (Å²) in [6.07, 6.45) is 0. The summed E-state index contributed by atoms with van der Waals surface area (Å²) in [5, 5.41) is 2.92. The lowest BCUT2D eigenvalue weighted by molar-refractivity contribution is 0.102. The SMILES string of the molecule is Cc1cc2c(cc1NC(=O)c1ccccc1I)OCO2. The molecule has 1 N–H and O–H groups in total. The van der Waals surface area contributed by atoms with Crippen molar-refractivity contribution < 1.29 is 14.3 Å². The van der Waals surface area contributed by atoms with Gasteiger partial charge in [-0.3, -0.25) is 4.79 Å². The lowest BCUT2D eigenvalue weighted by Crippen LogP contribution is -2.14. The minimum absolute atomic E-state index is 0.128. The van der Waals surface area contributed by atoms with Crippen molar-refractivity contribution in [2.24, 2.45) is 0 Å². The van der Waals surface area contributed by atoms with E-state index >= 15 is 0 Å². The average molecular weight is 381 g/mol. The van der Waals surface area contributed by atoms with Crippen molar-refractivity contribution in [1.82, 2.24) is 0 Å². The van der Waals surface area contributed by atoms with Crippen LogP contribution in [0.2, 0.25) is 0 Å². The Morgan fingerprint density at radius 2 is 1.90 bits per heavy atom. The van der Waals surface area contributed by atoms with Crippen molar-refractivity contribution >= 4 is 34.2 Å². The second kappa shape index (κ2) is 5.32. The molecule has 1 aliphatic rings. The molecule has 2 aromatic rings. The molecule has 0 saturated heterocycles. The van der Waals surface area contributed by atoms with Crippen LogP contribution in [0.4, 0.5) is 5.69 Å². The molecular weight excluding hydrogens is 369 g/mol. The number of amides is 1. The number of halogens is 1. The molecule has 1 heterocycles. The molecule has 20 heavy (non-hydrogen) atoms. The molecule has 3 rings (SSSR count). The highest BCUT2D eigenvalue weighted by Crippen LogP contribution is 2.36. The van der Waals surface area contributed by atoms with E-state index in [0.717, 1.165) is 20.6 Å². The maximum atomic E-state index is 12.3. The Morgan fingerprint density at radius 3 is 2.65 bits per heavy atom. The standard InChI is InChI=1S/C15H12INO3/c1-9-6-13-14(20-8-19-13)7-12(9)17-15(18)10-4-2-3-5-11(10)16/h2-7H,8H2,1H3,(H,17,18). The molecule has 102 valence electrons. The predicted molar refractivity (Wildman–Crippen MR) is 84.4 cm³/mol. The Morgan fingerprint density at radius 1 is 1.20 bits per heavy atom. The highest BCUT2D eigenvalue weighted by molar-refractivity contribution is 14.1. The number of hydrogen-bond acceptors (Lipinski definition) is 3. The number of fused-ring (bicyclic) bond motifs is 1. The summed E-state index contributed by atoms with van der Waals surface area (Å²) in [5.41, 5.74) is 2.33. The summed E-state index contributed by atoms with van der Waals surface area (Å²) in [6, 6.07) is 11.1. The van der Waals surface area contributed by atoms with Crippen LogP contribution >= 0.6 is 22.6 Å². The lowest BCUT2D eigenvalue weighted by atomic mass is 10.1. The maximum Gasteiger partial charge on any atom is 0.256 e. The second-order valence-electron chi connectivity index (χ2n) is 4.45. The van der Waals surface area contributed by atoms with Crippen LogP contribution in [0.3, 0.4) is 0 Å². The second-order valence-corrected chi connectivity index (χ2v) is 5.62. The van der Waals surface area contributed by atoms with Gasteiger partial charge in [0, 0.05) is 15.3 Å². The molecule has 4 nitrogen and oxygen atoms in total. The molecule has 0 bridgehead atoms. The Labute approximate surface area is 130 Å². The van der Waals surface area contributed by atoms with Gasteiger partial charge in [-0.1, -0.05) is 12.1 Å². The third-order valence-electron chi connectivity index (χ3n) is 3.09. The van der Waals surface area contributed by atoms with Crippen molar-refractivity contribution in [2.45, 2.75) is 6.92 Å². The highest BCUT2D eigenvalue weighted by Gasteiger charge is 2.17. The van der Waals surface area contributed by atoms with E-state index in [4.69, 9.17) is 9.47 Å². The van der Waals surface area contributed by atoms with E-state index in [1.807, 2.05) is 31.2 Å². The smallest absolute Gasteiger partial charge is 0.256 e. The molecule has 0 spiro atoms. The van der Waals surface area contributed by atoms with Crippen LogP contribution in [0.1, 0.15) is 15.9 Å². The van der Waals surface area contributed by atoms with E-state index in [9.17, 15) is 4.79 Å². The van der Waals surface area contributed by atoms with Gasteiger partial charge in [0.25, 0.3) is 5.91 Å². The van der Waals surface area contributed by atoms with Gasteiger partial charge in [-0.2, -0.15) is 0 Å². The van der Waals surface area contributed by atoms with E-state index in [-0.39, 0.29) is 12.7 Å². The molecule has 0 aliphatic carbocycles. The lowest BCUT2D eigenvalue weighted by Gasteiger charge is -2.10. The van der Waals surface area contributed by atoms with Gasteiger partial charge in [0.1, 0.15) is 0 Å². The number of carbonyl (C=O) groups excluding carboxylic acids is 1. The topological polar surface area (TPSA) is 47.6 Å². The molecule has 1 amide bonds. The predicted octanol–water partition coefficient (Wildman–Crippen LogP) is 3.58. The normalized spacial score (nSPS) is 12.3. The third-order valence-corrected chi connectivity index (χ3v) is 4.03. The highest BCUT2D eigenvalue weighted by atomic mass is 127. The minimum atomic E-state index is -0.128. The van der Waals surface area contributed by atoms with Crippen molar-refractivity contribution in [1.29, 1.82) is 0 Å². The summed E-state index contributed by atoms with van der Waals surface area (Å²) in [7, 11) is 0. The zero-order chi connectivity index (χ0) is 14.1. The fourth-order valence-corrected chi connectivity index (χ4v) is 2.65. The number of rotatable bonds is 2. The van der Waals surface area contributed by atoms with Crippen LogP contribution in [0.25, 0.3) is 0 Å². The zero-order valence-electron chi connectivity index (χ0n) is 10.8. The first-order chi connectivity index (χ1) is 9.65. The first kappa shape index (κ1) is 13.2. The maximum absolute atomic E-state index is 12.3. The zero-order valence-corrected chi connectivity index (χ0v) is 12.9. The van der Waals surface area contributed by atoms with E-state index in [1.165, 1.54) is 0 Å². The Kier molecular flexibility index (Phi) is 3.52. The van der Waals surface area contributed by atoms with Gasteiger partial charge in [-0.25, -0.2) is 0 Å². The molecular formula is C15H12INO3. The number of hydrogen-bond donors (Lipinski definition) is 1. The number of aryl methyl sites for hydroxylation is 1. The number of ether oxygens (including phenoxy) is 2. The van der Waals surface area contributed by atoms with Gasteiger partial charge in [0.2, 0.25) is 6.79 Å². The van der Waals surface area contributed by atoms with E-state index in [2.05, 4.69) is 27.9 Å². The van der Waals surface area contributed by atoms with Crippen molar-refractivity contribution in [3.63, 3.8) is 0 Å². The summed E-state index contributed by atoms with van der Waals surface area (Å²) in [4.78, 5) is 12.3. The molecule has 0 aromatic heterocycles. The van der Waals surface area contributed by atoms with Crippen LogP contribution in [-0.4, -0.2) is 12.7 Å². The summed E-state index contributed by atoms with van der Waals surface area (Å²) < 4.78 is 11.6. The molecule has 5 heteroatoms. The van der Waals surface area contributed by atoms with E-state index in [0.29, 0.717) is 11.3 Å². The van der Waals surface area contributed by atoms with Crippen molar-refractivity contribution in [2.75, 3.05) is 12.1 Å². The van der Waals surface area contributed by atoms with Crippen molar-refractivity contribution in [3.05, 3.63) is 51.1 Å². The van der Waals surface area contributed by atoms with Crippen LogP contribution in [0, 0.1) is 10.5 Å². The molecule has 2 aromatic carbocycles. The molecule has 1 aliphatic heterocycles. The first-order valence-corrected chi connectivity index (χ1v) is 7.19. The minimum Gasteiger partial charge on any atom is -0.454 e. The largest absolute Gasteiger partial charge is 0.454 e. The fourth-order valence-electron chi connectivity index (χ4n) is 2.01. The molecule has 0 atom stereocenters. The van der Waals surface area contributed by atoms with E-state index in [1.54, 1.807) is 12.1 Å². The fraction of sp³-hybridized carbons (Fsp3) is 0.133. The molecule has 0 saturated carbocycles. The number of carbonyl (C=O) groups is 1. The van der Waals surface area contributed by atoms with Gasteiger partial charge in [-0.15, -0.1) is 0 Å². The number of nitrogens with one attached hydrogen (secondary N) is 1. The number of anilines is 1. The summed E-state index contributed by atoms with van der Waals surface area (Å²) in [6.45, 7) is 2.15. The van der Waals surface area contributed by atoms with Crippen LogP contribution in [-0.2, 0) is 0 Å². The van der Waals surface area contributed by atoms with Gasteiger partial charge in [0.05, 0.1) is 5.56 Å². The Bertz CT molecular complexity index is 685. The van der Waals surface area contributed by atoms with Gasteiger partial charge in [-0.05, 0) is 53.3 Å². The molecule has 0 fully saturated rings. The summed E-state index contributed by atoms with van der Waals surface area (Å²) in [5.74, 6) is 1.25. The third kappa shape index (κ3) is 2.45. The van der Waals surface area contributed by atoms with Crippen LogP contribution < -0.4 is 14.8 Å². The van der Waals surface area contributed by atoms with Gasteiger partial charge >= 0.3 is 0 Å². The molecule has 0 radical (unpaired) electrons. The first-order valence-electron chi connectivity index (χ1n) is 6.11. The van der Waals surface area contributed by atoms with Gasteiger partial charge < -0.3 is 14.8 Å². The van der Waals surface area contributed by atoms with Crippen molar-refractivity contribution in [3.8, 4) is 11.5 Å². The monoisotopic (exact) mass is 381 g/mol.